The first-order valence-electron chi connectivity index (χ1n) is 8.59. The summed E-state index contributed by atoms with van der Waals surface area (Å²) in [5.74, 6) is 0.883. The van der Waals surface area contributed by atoms with Gasteiger partial charge in [-0.05, 0) is 42.5 Å². The molecule has 0 aliphatic rings. The third-order valence-corrected chi connectivity index (χ3v) is 4.10. The first-order chi connectivity index (χ1) is 13.7. The van der Waals surface area contributed by atoms with Gasteiger partial charge in [0.1, 0.15) is 11.6 Å². The van der Waals surface area contributed by atoms with Crippen molar-refractivity contribution in [3.63, 3.8) is 0 Å². The first kappa shape index (κ1) is 17.6. The second kappa shape index (κ2) is 7.83. The smallest absolute Gasteiger partial charge is 0.243 e. The zero-order chi connectivity index (χ0) is 19.3. The van der Waals surface area contributed by atoms with Crippen molar-refractivity contribution in [1.29, 1.82) is 0 Å². The molecule has 0 saturated carbocycles. The Morgan fingerprint density at radius 3 is 2.75 bits per heavy atom. The van der Waals surface area contributed by atoms with Crippen LogP contribution < -0.4 is 10.1 Å². The molecule has 8 heteroatoms. The van der Waals surface area contributed by atoms with Gasteiger partial charge in [-0.2, -0.15) is 10.2 Å². The molecule has 0 fully saturated rings. The fourth-order valence-electron chi connectivity index (χ4n) is 2.67. The van der Waals surface area contributed by atoms with Crippen LogP contribution in [0.4, 0.5) is 10.3 Å². The number of hydrogen-bond acceptors (Lipinski definition) is 6. The topological polar surface area (TPSA) is 77.8 Å². The summed E-state index contributed by atoms with van der Waals surface area (Å²) in [6.07, 6.45) is 5.14. The average Bonchev–Trinajstić information content (AvgIpc) is 3.22. The molecule has 2 heterocycles. The summed E-state index contributed by atoms with van der Waals surface area (Å²) in [5.41, 5.74) is 3.18. The summed E-state index contributed by atoms with van der Waals surface area (Å²) in [6, 6.07) is 13.8. The zero-order valence-electron chi connectivity index (χ0n) is 15.1. The molecule has 4 rings (SSSR count). The van der Waals surface area contributed by atoms with Gasteiger partial charge >= 0.3 is 0 Å². The number of nitrogens with one attached hydrogen (secondary N) is 1. The van der Waals surface area contributed by atoms with E-state index in [0.717, 1.165) is 16.9 Å². The fraction of sp³-hybridized carbons (Fsp3) is 0.100. The van der Waals surface area contributed by atoms with Crippen LogP contribution in [0.3, 0.4) is 0 Å². The molecule has 0 bridgehead atoms. The maximum Gasteiger partial charge on any atom is 0.243 e. The van der Waals surface area contributed by atoms with Gasteiger partial charge in [0.2, 0.25) is 5.95 Å². The molecule has 28 heavy (non-hydrogen) atoms. The van der Waals surface area contributed by atoms with Crippen molar-refractivity contribution >= 4 is 5.95 Å². The molecule has 0 aliphatic heterocycles. The predicted octanol–water partition coefficient (Wildman–Crippen LogP) is 3.48. The van der Waals surface area contributed by atoms with Gasteiger partial charge in [-0.1, -0.05) is 6.07 Å². The molecule has 0 saturated heterocycles. The van der Waals surface area contributed by atoms with Crippen molar-refractivity contribution in [2.24, 2.45) is 0 Å². The Hall–Kier alpha value is -3.81. The second-order valence-electron chi connectivity index (χ2n) is 6.02. The van der Waals surface area contributed by atoms with Crippen LogP contribution in [-0.4, -0.2) is 32.1 Å². The van der Waals surface area contributed by atoms with Gasteiger partial charge in [-0.3, -0.25) is 0 Å². The lowest BCUT2D eigenvalue weighted by molar-refractivity contribution is 0.415. The van der Waals surface area contributed by atoms with E-state index < -0.39 is 0 Å². The maximum absolute atomic E-state index is 13.4. The van der Waals surface area contributed by atoms with Crippen molar-refractivity contribution in [1.82, 2.24) is 25.0 Å². The standard InChI is InChI=1S/C20H17FN6O/c1-28-18-7-5-15(6-8-18)19-12-23-26-20(25-19)22-10-14-11-24-27(13-14)17-4-2-3-16(21)9-17/h2-9,11-13H,10H2,1H3,(H,22,25,26). The van der Waals surface area contributed by atoms with E-state index in [2.05, 4.69) is 25.6 Å². The summed E-state index contributed by atoms with van der Waals surface area (Å²) >= 11 is 0. The van der Waals surface area contributed by atoms with Crippen molar-refractivity contribution in [2.45, 2.75) is 6.54 Å². The van der Waals surface area contributed by atoms with Crippen molar-refractivity contribution in [3.8, 4) is 22.7 Å². The fourth-order valence-corrected chi connectivity index (χ4v) is 2.67. The lowest BCUT2D eigenvalue weighted by Crippen LogP contribution is -2.05. The Morgan fingerprint density at radius 1 is 1.11 bits per heavy atom. The van der Waals surface area contributed by atoms with Gasteiger partial charge in [0.25, 0.3) is 0 Å². The summed E-state index contributed by atoms with van der Waals surface area (Å²) in [7, 11) is 1.62. The van der Waals surface area contributed by atoms with Crippen LogP contribution in [0.2, 0.25) is 0 Å². The predicted molar refractivity (Wildman–Crippen MR) is 103 cm³/mol. The average molecular weight is 376 g/mol. The van der Waals surface area contributed by atoms with E-state index in [-0.39, 0.29) is 5.82 Å². The highest BCUT2D eigenvalue weighted by Crippen LogP contribution is 2.20. The number of nitrogens with zero attached hydrogens (tertiary/aromatic N) is 5. The third kappa shape index (κ3) is 3.96. The van der Waals surface area contributed by atoms with E-state index in [4.69, 9.17) is 4.74 Å². The summed E-state index contributed by atoms with van der Waals surface area (Å²) < 4.78 is 20.2. The Balaban J connectivity index is 1.45. The normalized spacial score (nSPS) is 10.6. The number of aromatic nitrogens is 5. The van der Waals surface area contributed by atoms with E-state index in [0.29, 0.717) is 23.9 Å². The highest BCUT2D eigenvalue weighted by molar-refractivity contribution is 5.60. The Morgan fingerprint density at radius 2 is 1.96 bits per heavy atom. The van der Waals surface area contributed by atoms with Crippen molar-refractivity contribution in [3.05, 3.63) is 78.5 Å². The number of anilines is 1. The van der Waals surface area contributed by atoms with Crippen LogP contribution in [0.1, 0.15) is 5.56 Å². The quantitative estimate of drug-likeness (QED) is 0.555. The molecular weight excluding hydrogens is 359 g/mol. The lowest BCUT2D eigenvalue weighted by Gasteiger charge is -2.06. The Kier molecular flexibility index (Phi) is 4.92. The van der Waals surface area contributed by atoms with Gasteiger partial charge in [0, 0.05) is 23.9 Å². The number of rotatable bonds is 6. The van der Waals surface area contributed by atoms with E-state index in [1.165, 1.54) is 12.1 Å². The molecule has 4 aromatic rings. The molecule has 0 unspecified atom stereocenters. The first-order valence-corrected chi connectivity index (χ1v) is 8.59. The van der Waals surface area contributed by atoms with Crippen molar-refractivity contribution < 1.29 is 9.13 Å². The molecule has 1 N–H and O–H groups in total. The second-order valence-corrected chi connectivity index (χ2v) is 6.02. The minimum absolute atomic E-state index is 0.303. The minimum atomic E-state index is -0.303. The highest BCUT2D eigenvalue weighted by Gasteiger charge is 2.06. The SMILES string of the molecule is COc1ccc(-c2cnnc(NCc3cnn(-c4cccc(F)c4)c3)n2)cc1. The van der Waals surface area contributed by atoms with Gasteiger partial charge in [0.15, 0.2) is 0 Å². The number of benzene rings is 2. The molecule has 2 aromatic carbocycles. The third-order valence-electron chi connectivity index (χ3n) is 4.10. The van der Waals surface area contributed by atoms with E-state index >= 15 is 0 Å². The molecule has 140 valence electrons. The summed E-state index contributed by atoms with van der Waals surface area (Å²) in [6.45, 7) is 0.461. The molecule has 0 radical (unpaired) electrons. The van der Waals surface area contributed by atoms with Crippen LogP contribution in [0.5, 0.6) is 5.75 Å². The lowest BCUT2D eigenvalue weighted by atomic mass is 10.1. The molecule has 2 aromatic heterocycles. The summed E-state index contributed by atoms with van der Waals surface area (Å²) in [5, 5.41) is 15.4. The van der Waals surface area contributed by atoms with Gasteiger partial charge < -0.3 is 10.1 Å². The van der Waals surface area contributed by atoms with E-state index in [1.54, 1.807) is 36.3 Å². The van der Waals surface area contributed by atoms with Gasteiger partial charge in [-0.25, -0.2) is 14.1 Å². The molecule has 7 nitrogen and oxygen atoms in total. The molecule has 0 aliphatic carbocycles. The van der Waals surface area contributed by atoms with Crippen LogP contribution >= 0.6 is 0 Å². The van der Waals surface area contributed by atoms with Crippen LogP contribution in [-0.2, 0) is 6.54 Å². The largest absolute Gasteiger partial charge is 0.497 e. The van der Waals surface area contributed by atoms with Gasteiger partial charge in [0.05, 0.1) is 30.9 Å². The van der Waals surface area contributed by atoms with Crippen LogP contribution in [0.15, 0.2) is 67.1 Å². The zero-order valence-corrected chi connectivity index (χ0v) is 15.1. The Bertz CT molecular complexity index is 1080. The highest BCUT2D eigenvalue weighted by atomic mass is 19.1. The van der Waals surface area contributed by atoms with Gasteiger partial charge in [-0.15, -0.1) is 5.10 Å². The number of halogens is 1. The van der Waals surface area contributed by atoms with Crippen LogP contribution in [0, 0.1) is 5.82 Å². The summed E-state index contributed by atoms with van der Waals surface area (Å²) in [4.78, 5) is 4.49. The van der Waals surface area contributed by atoms with E-state index in [1.807, 2.05) is 30.5 Å². The maximum atomic E-state index is 13.4. The number of methoxy groups -OCH3 is 1. The Labute approximate surface area is 160 Å². The molecular formula is C20H17FN6O. The number of hydrogen-bond donors (Lipinski definition) is 1. The number of ether oxygens (including phenoxy) is 1. The molecule has 0 amide bonds. The van der Waals surface area contributed by atoms with E-state index in [9.17, 15) is 4.39 Å². The monoisotopic (exact) mass is 376 g/mol. The molecule has 0 atom stereocenters. The van der Waals surface area contributed by atoms with Crippen molar-refractivity contribution in [2.75, 3.05) is 12.4 Å². The minimum Gasteiger partial charge on any atom is -0.497 e. The molecule has 0 spiro atoms. The van der Waals surface area contributed by atoms with Crippen LogP contribution in [0.25, 0.3) is 16.9 Å².